The largest absolute Gasteiger partial charge is 0.379 e. The summed E-state index contributed by atoms with van der Waals surface area (Å²) >= 11 is 3.23. The van der Waals surface area contributed by atoms with Crippen molar-refractivity contribution in [3.05, 3.63) is 56.4 Å². The molecule has 2 aromatic rings. The summed E-state index contributed by atoms with van der Waals surface area (Å²) in [5.41, 5.74) is 6.94. The minimum Gasteiger partial charge on any atom is -0.379 e. The van der Waals surface area contributed by atoms with Crippen molar-refractivity contribution in [3.63, 3.8) is 0 Å². The molecule has 0 bridgehead atoms. The molecule has 7 heteroatoms. The number of aryl methyl sites for hydroxylation is 1. The highest BCUT2D eigenvalue weighted by Crippen LogP contribution is 2.17. The van der Waals surface area contributed by atoms with E-state index in [2.05, 4.69) is 26.3 Å². The molecule has 0 radical (unpaired) electrons. The zero-order chi connectivity index (χ0) is 14.7. The van der Waals surface area contributed by atoms with E-state index in [9.17, 15) is 9.59 Å². The molecule has 1 amide bonds. The lowest BCUT2D eigenvalue weighted by Crippen LogP contribution is -2.21. The summed E-state index contributed by atoms with van der Waals surface area (Å²) in [4.78, 5) is 22.8. The zero-order valence-electron chi connectivity index (χ0n) is 10.8. The van der Waals surface area contributed by atoms with Crippen molar-refractivity contribution in [3.8, 4) is 0 Å². The number of hydrogen-bond acceptors (Lipinski definition) is 4. The normalized spacial score (nSPS) is 10.3. The van der Waals surface area contributed by atoms with E-state index in [1.807, 2.05) is 6.07 Å². The van der Waals surface area contributed by atoms with Crippen molar-refractivity contribution >= 4 is 27.5 Å². The van der Waals surface area contributed by atoms with E-state index in [0.717, 1.165) is 5.56 Å². The maximum absolute atomic E-state index is 11.7. The Morgan fingerprint density at radius 3 is 2.95 bits per heavy atom. The number of benzene rings is 1. The number of nitrogens with one attached hydrogen (secondary N) is 1. The summed E-state index contributed by atoms with van der Waals surface area (Å²) in [6.07, 6.45) is 1.56. The summed E-state index contributed by atoms with van der Waals surface area (Å²) in [7, 11) is 1.58. The molecule has 0 aliphatic carbocycles. The second-order valence-electron chi connectivity index (χ2n) is 4.22. The van der Waals surface area contributed by atoms with Crippen LogP contribution in [-0.2, 0) is 13.6 Å². The second kappa shape index (κ2) is 5.87. The molecular weight excluding hydrogens is 324 g/mol. The van der Waals surface area contributed by atoms with Crippen LogP contribution in [0.4, 0.5) is 5.69 Å². The van der Waals surface area contributed by atoms with E-state index >= 15 is 0 Å². The molecule has 3 N–H and O–H groups in total. The predicted octanol–water partition coefficient (Wildman–Crippen LogP) is 1.25. The molecule has 1 aromatic heterocycles. The lowest BCUT2D eigenvalue weighted by molar-refractivity contribution is 0.1000. The number of carbonyl (C=O) groups is 1. The van der Waals surface area contributed by atoms with Crippen molar-refractivity contribution < 1.29 is 4.79 Å². The quantitative estimate of drug-likeness (QED) is 0.879. The number of primary amides is 1. The molecule has 1 heterocycles. The molecule has 0 aliphatic heterocycles. The Labute approximate surface area is 123 Å². The van der Waals surface area contributed by atoms with Gasteiger partial charge in [-0.15, -0.1) is 0 Å². The highest BCUT2D eigenvalue weighted by Gasteiger charge is 2.07. The molecule has 0 atom stereocenters. The molecule has 20 heavy (non-hydrogen) atoms. The Hall–Kier alpha value is -2.15. The first-order valence-electron chi connectivity index (χ1n) is 5.83. The Morgan fingerprint density at radius 2 is 2.25 bits per heavy atom. The maximum atomic E-state index is 11.7. The standard InChI is InChI=1S/C13H13BrN4O2/c1-18-13(20)11(14)10(7-17-18)16-6-8-3-2-4-9(5-8)12(15)19/h2-5,7,16H,6H2,1H3,(H2,15,19). The number of nitrogens with two attached hydrogens (primary N) is 1. The van der Waals surface area contributed by atoms with Crippen LogP contribution in [0.15, 0.2) is 39.7 Å². The number of anilines is 1. The average Bonchev–Trinajstić information content (AvgIpc) is 2.44. The number of carbonyl (C=O) groups excluding carboxylic acids is 1. The average molecular weight is 337 g/mol. The van der Waals surface area contributed by atoms with Gasteiger partial charge in [-0.1, -0.05) is 12.1 Å². The Bertz CT molecular complexity index is 712. The third-order valence-corrected chi connectivity index (χ3v) is 3.54. The van der Waals surface area contributed by atoms with Gasteiger partial charge in [-0.25, -0.2) is 4.68 Å². The van der Waals surface area contributed by atoms with Crippen LogP contribution in [0.2, 0.25) is 0 Å². The minimum atomic E-state index is -0.469. The van der Waals surface area contributed by atoms with Crippen LogP contribution in [0.3, 0.4) is 0 Å². The molecule has 1 aromatic carbocycles. The van der Waals surface area contributed by atoms with Gasteiger partial charge in [-0.3, -0.25) is 9.59 Å². The van der Waals surface area contributed by atoms with Crippen LogP contribution in [0.25, 0.3) is 0 Å². The first-order valence-corrected chi connectivity index (χ1v) is 6.63. The van der Waals surface area contributed by atoms with Gasteiger partial charge in [0, 0.05) is 19.2 Å². The van der Waals surface area contributed by atoms with E-state index < -0.39 is 5.91 Å². The molecule has 0 saturated heterocycles. The first kappa shape index (κ1) is 14.3. The van der Waals surface area contributed by atoms with Crippen molar-refractivity contribution in [2.75, 3.05) is 5.32 Å². The molecule has 0 fully saturated rings. The van der Waals surface area contributed by atoms with Gasteiger partial charge in [-0.2, -0.15) is 5.10 Å². The van der Waals surface area contributed by atoms with Gasteiger partial charge in [0.15, 0.2) is 0 Å². The molecule has 0 aliphatic rings. The first-order chi connectivity index (χ1) is 9.49. The van der Waals surface area contributed by atoms with Gasteiger partial charge in [0.1, 0.15) is 4.47 Å². The molecule has 0 unspecified atom stereocenters. The molecule has 0 spiro atoms. The van der Waals surface area contributed by atoms with Crippen molar-refractivity contribution in [1.82, 2.24) is 9.78 Å². The number of nitrogens with zero attached hydrogens (tertiary/aromatic N) is 2. The molecule has 0 saturated carbocycles. The molecule has 2 rings (SSSR count). The van der Waals surface area contributed by atoms with E-state index in [0.29, 0.717) is 22.3 Å². The summed E-state index contributed by atoms with van der Waals surface area (Å²) < 4.78 is 1.66. The fraction of sp³-hybridized carbons (Fsp3) is 0.154. The van der Waals surface area contributed by atoms with Gasteiger partial charge < -0.3 is 11.1 Å². The van der Waals surface area contributed by atoms with Crippen LogP contribution >= 0.6 is 15.9 Å². The zero-order valence-corrected chi connectivity index (χ0v) is 12.3. The number of aromatic nitrogens is 2. The van der Waals surface area contributed by atoms with Crippen molar-refractivity contribution in [2.24, 2.45) is 12.8 Å². The maximum Gasteiger partial charge on any atom is 0.282 e. The summed E-state index contributed by atoms with van der Waals surface area (Å²) in [5.74, 6) is -0.469. The SMILES string of the molecule is Cn1ncc(NCc2cccc(C(N)=O)c2)c(Br)c1=O. The minimum absolute atomic E-state index is 0.221. The second-order valence-corrected chi connectivity index (χ2v) is 5.01. The Kier molecular flexibility index (Phi) is 4.19. The highest BCUT2D eigenvalue weighted by atomic mass is 79.9. The third-order valence-electron chi connectivity index (χ3n) is 2.77. The van der Waals surface area contributed by atoms with Crippen LogP contribution in [-0.4, -0.2) is 15.7 Å². The summed E-state index contributed by atoms with van der Waals surface area (Å²) in [5, 5.41) is 7.02. The molecular formula is C13H13BrN4O2. The number of amides is 1. The number of hydrogen-bond donors (Lipinski definition) is 2. The van der Waals surface area contributed by atoms with Gasteiger partial charge in [0.2, 0.25) is 5.91 Å². The monoisotopic (exact) mass is 336 g/mol. The lowest BCUT2D eigenvalue weighted by Gasteiger charge is -2.09. The van der Waals surface area contributed by atoms with Crippen LogP contribution < -0.4 is 16.6 Å². The topological polar surface area (TPSA) is 90.0 Å². The molecule has 104 valence electrons. The van der Waals surface area contributed by atoms with E-state index in [-0.39, 0.29) is 5.56 Å². The fourth-order valence-corrected chi connectivity index (χ4v) is 2.16. The number of rotatable bonds is 4. The van der Waals surface area contributed by atoms with Crippen molar-refractivity contribution in [2.45, 2.75) is 6.54 Å². The fourth-order valence-electron chi connectivity index (χ4n) is 1.67. The van der Waals surface area contributed by atoms with Crippen molar-refractivity contribution in [1.29, 1.82) is 0 Å². The molecule has 6 nitrogen and oxygen atoms in total. The van der Waals surface area contributed by atoms with Gasteiger partial charge in [0.05, 0.1) is 11.9 Å². The van der Waals surface area contributed by atoms with Gasteiger partial charge in [0.25, 0.3) is 5.56 Å². The summed E-state index contributed by atoms with van der Waals surface area (Å²) in [6.45, 7) is 0.453. The van der Waals surface area contributed by atoms with Gasteiger partial charge in [-0.05, 0) is 33.6 Å². The third kappa shape index (κ3) is 3.05. The number of halogens is 1. The summed E-state index contributed by atoms with van der Waals surface area (Å²) in [6, 6.07) is 6.98. The van der Waals surface area contributed by atoms with Crippen LogP contribution in [0.1, 0.15) is 15.9 Å². The lowest BCUT2D eigenvalue weighted by atomic mass is 10.1. The van der Waals surface area contributed by atoms with E-state index in [4.69, 9.17) is 5.73 Å². The van der Waals surface area contributed by atoms with Crippen LogP contribution in [0.5, 0.6) is 0 Å². The highest BCUT2D eigenvalue weighted by molar-refractivity contribution is 9.10. The van der Waals surface area contributed by atoms with Gasteiger partial charge >= 0.3 is 0 Å². The Balaban J connectivity index is 2.17. The smallest absolute Gasteiger partial charge is 0.282 e. The Morgan fingerprint density at radius 1 is 1.50 bits per heavy atom. The van der Waals surface area contributed by atoms with E-state index in [1.54, 1.807) is 31.4 Å². The predicted molar refractivity (Wildman–Crippen MR) is 79.5 cm³/mol. The van der Waals surface area contributed by atoms with E-state index in [1.165, 1.54) is 4.68 Å². The van der Waals surface area contributed by atoms with Crippen LogP contribution in [0, 0.1) is 0 Å².